The standard InChI is InChI=1S/C14H24N2O2/c1-11(2)8-12(9-15)16-14(17)10-18-13-6-4-3-5-7-13/h11-13H,3-8,10H2,1-2H3,(H,16,17)/t12-/m1/s1. The highest BCUT2D eigenvalue weighted by atomic mass is 16.5. The van der Waals surface area contributed by atoms with Gasteiger partial charge in [-0.15, -0.1) is 0 Å². The molecule has 4 heteroatoms. The topological polar surface area (TPSA) is 62.1 Å². The molecule has 0 aromatic carbocycles. The average Bonchev–Trinajstić information content (AvgIpc) is 2.36. The molecule has 0 radical (unpaired) electrons. The monoisotopic (exact) mass is 252 g/mol. The molecule has 102 valence electrons. The smallest absolute Gasteiger partial charge is 0.247 e. The van der Waals surface area contributed by atoms with Crippen LogP contribution in [0.15, 0.2) is 0 Å². The van der Waals surface area contributed by atoms with Crippen molar-refractivity contribution in [3.05, 3.63) is 0 Å². The molecule has 0 heterocycles. The van der Waals surface area contributed by atoms with Crippen molar-refractivity contribution < 1.29 is 9.53 Å². The summed E-state index contributed by atoms with van der Waals surface area (Å²) >= 11 is 0. The van der Waals surface area contributed by atoms with Crippen molar-refractivity contribution in [2.45, 2.75) is 64.5 Å². The predicted molar refractivity (Wildman–Crippen MR) is 69.8 cm³/mol. The van der Waals surface area contributed by atoms with Crippen LogP contribution in [0.25, 0.3) is 0 Å². The third-order valence-electron chi connectivity index (χ3n) is 3.20. The van der Waals surface area contributed by atoms with Gasteiger partial charge in [0.05, 0.1) is 12.2 Å². The molecule has 0 aliphatic heterocycles. The third-order valence-corrected chi connectivity index (χ3v) is 3.20. The first-order valence-corrected chi connectivity index (χ1v) is 6.92. The van der Waals surface area contributed by atoms with Gasteiger partial charge >= 0.3 is 0 Å². The van der Waals surface area contributed by atoms with Crippen LogP contribution in [0.1, 0.15) is 52.4 Å². The number of carbonyl (C=O) groups is 1. The highest BCUT2D eigenvalue weighted by Gasteiger charge is 2.17. The van der Waals surface area contributed by atoms with Crippen molar-refractivity contribution in [1.29, 1.82) is 5.26 Å². The fraction of sp³-hybridized carbons (Fsp3) is 0.857. The Morgan fingerprint density at radius 3 is 2.61 bits per heavy atom. The van der Waals surface area contributed by atoms with Gasteiger partial charge in [-0.25, -0.2) is 0 Å². The first-order valence-electron chi connectivity index (χ1n) is 6.92. The molecule has 1 saturated carbocycles. The van der Waals surface area contributed by atoms with Crippen molar-refractivity contribution in [1.82, 2.24) is 5.32 Å². The number of rotatable bonds is 6. The third kappa shape index (κ3) is 6.02. The fourth-order valence-electron chi connectivity index (χ4n) is 2.28. The number of hydrogen-bond donors (Lipinski definition) is 1. The lowest BCUT2D eigenvalue weighted by Crippen LogP contribution is -2.38. The van der Waals surface area contributed by atoms with Crippen molar-refractivity contribution in [3.8, 4) is 6.07 Å². The Kier molecular flexibility index (Phi) is 6.74. The van der Waals surface area contributed by atoms with Crippen LogP contribution in [-0.4, -0.2) is 24.7 Å². The maximum absolute atomic E-state index is 11.6. The summed E-state index contributed by atoms with van der Waals surface area (Å²) in [4.78, 5) is 11.6. The fourth-order valence-corrected chi connectivity index (χ4v) is 2.28. The molecule has 0 unspecified atom stereocenters. The van der Waals surface area contributed by atoms with E-state index in [4.69, 9.17) is 10.00 Å². The molecule has 0 saturated heterocycles. The molecular weight excluding hydrogens is 228 g/mol. The molecule has 1 atom stereocenters. The van der Waals surface area contributed by atoms with Gasteiger partial charge in [-0.2, -0.15) is 5.26 Å². The van der Waals surface area contributed by atoms with Gasteiger partial charge in [0.2, 0.25) is 5.91 Å². The number of nitrogens with zero attached hydrogens (tertiary/aromatic N) is 1. The van der Waals surface area contributed by atoms with E-state index in [1.54, 1.807) is 0 Å². The minimum Gasteiger partial charge on any atom is -0.368 e. The predicted octanol–water partition coefficient (Wildman–Crippen LogP) is 2.39. The quantitative estimate of drug-likeness (QED) is 0.789. The lowest BCUT2D eigenvalue weighted by molar-refractivity contribution is -0.128. The molecule has 1 N–H and O–H groups in total. The summed E-state index contributed by atoms with van der Waals surface area (Å²) in [6.45, 7) is 4.16. The Labute approximate surface area is 110 Å². The zero-order chi connectivity index (χ0) is 13.4. The van der Waals surface area contributed by atoms with Gasteiger partial charge in [0.25, 0.3) is 0 Å². The summed E-state index contributed by atoms with van der Waals surface area (Å²) in [7, 11) is 0. The van der Waals surface area contributed by atoms with Gasteiger partial charge in [-0.05, 0) is 25.2 Å². The molecule has 0 bridgehead atoms. The van der Waals surface area contributed by atoms with Crippen LogP contribution in [0.4, 0.5) is 0 Å². The Balaban J connectivity index is 2.21. The minimum absolute atomic E-state index is 0.0843. The minimum atomic E-state index is -0.396. The molecule has 1 fully saturated rings. The summed E-state index contributed by atoms with van der Waals surface area (Å²) in [6, 6.07) is 1.72. The summed E-state index contributed by atoms with van der Waals surface area (Å²) in [5.74, 6) is 0.224. The second kappa shape index (κ2) is 8.10. The van der Waals surface area contributed by atoms with Crippen LogP contribution >= 0.6 is 0 Å². The molecule has 1 rings (SSSR count). The van der Waals surface area contributed by atoms with Crippen molar-refractivity contribution in [2.75, 3.05) is 6.61 Å². The highest BCUT2D eigenvalue weighted by molar-refractivity contribution is 5.77. The van der Waals surface area contributed by atoms with Gasteiger partial charge in [-0.1, -0.05) is 33.1 Å². The normalized spacial score (nSPS) is 18.3. The molecule has 0 spiro atoms. The first-order chi connectivity index (χ1) is 8.61. The van der Waals surface area contributed by atoms with E-state index in [0.29, 0.717) is 12.3 Å². The summed E-state index contributed by atoms with van der Waals surface area (Å²) in [5, 5.41) is 11.6. The second-order valence-electron chi connectivity index (χ2n) is 5.45. The zero-order valence-corrected chi connectivity index (χ0v) is 11.4. The Hall–Kier alpha value is -1.08. The van der Waals surface area contributed by atoms with Crippen LogP contribution in [0.5, 0.6) is 0 Å². The van der Waals surface area contributed by atoms with Gasteiger partial charge in [0.1, 0.15) is 12.6 Å². The number of carbonyl (C=O) groups excluding carboxylic acids is 1. The summed E-state index contributed by atoms with van der Waals surface area (Å²) < 4.78 is 5.57. The lowest BCUT2D eigenvalue weighted by atomic mass is 9.98. The van der Waals surface area contributed by atoms with E-state index in [1.807, 2.05) is 13.8 Å². The van der Waals surface area contributed by atoms with Crippen molar-refractivity contribution in [2.24, 2.45) is 5.92 Å². The molecule has 1 amide bonds. The largest absolute Gasteiger partial charge is 0.368 e. The molecular formula is C14H24N2O2. The SMILES string of the molecule is CC(C)C[C@H](C#N)NC(=O)COC1CCCCC1. The van der Waals surface area contributed by atoms with E-state index in [0.717, 1.165) is 12.8 Å². The molecule has 0 aromatic heterocycles. The van der Waals surface area contributed by atoms with Gasteiger partial charge in [0, 0.05) is 0 Å². The number of nitriles is 1. The van der Waals surface area contributed by atoms with Crippen LogP contribution in [0.2, 0.25) is 0 Å². The first kappa shape index (κ1) is 15.0. The van der Waals surface area contributed by atoms with Crippen LogP contribution in [0, 0.1) is 17.2 Å². The lowest BCUT2D eigenvalue weighted by Gasteiger charge is -2.22. The van der Waals surface area contributed by atoms with E-state index in [1.165, 1.54) is 19.3 Å². The number of hydrogen-bond acceptors (Lipinski definition) is 3. The molecule has 4 nitrogen and oxygen atoms in total. The summed E-state index contributed by atoms with van der Waals surface area (Å²) in [5.41, 5.74) is 0. The number of nitrogens with one attached hydrogen (secondary N) is 1. The van der Waals surface area contributed by atoms with E-state index in [9.17, 15) is 4.79 Å². The van der Waals surface area contributed by atoms with Crippen molar-refractivity contribution >= 4 is 5.91 Å². The van der Waals surface area contributed by atoms with E-state index in [-0.39, 0.29) is 18.6 Å². The highest BCUT2D eigenvalue weighted by Crippen LogP contribution is 2.19. The Bertz CT molecular complexity index is 291. The van der Waals surface area contributed by atoms with Gasteiger partial charge in [0.15, 0.2) is 0 Å². The molecule has 1 aliphatic carbocycles. The van der Waals surface area contributed by atoms with Gasteiger partial charge < -0.3 is 10.1 Å². The van der Waals surface area contributed by atoms with E-state index in [2.05, 4.69) is 11.4 Å². The number of amides is 1. The average molecular weight is 252 g/mol. The van der Waals surface area contributed by atoms with Gasteiger partial charge in [-0.3, -0.25) is 4.79 Å². The van der Waals surface area contributed by atoms with E-state index < -0.39 is 6.04 Å². The van der Waals surface area contributed by atoms with Crippen LogP contribution in [-0.2, 0) is 9.53 Å². The Morgan fingerprint density at radius 2 is 2.06 bits per heavy atom. The molecule has 0 aromatic rings. The van der Waals surface area contributed by atoms with Crippen LogP contribution in [0.3, 0.4) is 0 Å². The Morgan fingerprint density at radius 1 is 1.39 bits per heavy atom. The zero-order valence-electron chi connectivity index (χ0n) is 11.4. The van der Waals surface area contributed by atoms with E-state index >= 15 is 0 Å². The van der Waals surface area contributed by atoms with Crippen LogP contribution < -0.4 is 5.32 Å². The molecule has 18 heavy (non-hydrogen) atoms. The second-order valence-corrected chi connectivity index (χ2v) is 5.45. The maximum atomic E-state index is 11.6. The number of ether oxygens (including phenoxy) is 1. The van der Waals surface area contributed by atoms with Crippen molar-refractivity contribution in [3.63, 3.8) is 0 Å². The summed E-state index contributed by atoms with van der Waals surface area (Å²) in [6.07, 6.45) is 6.70. The maximum Gasteiger partial charge on any atom is 0.247 e. The molecule has 1 aliphatic rings.